The summed E-state index contributed by atoms with van der Waals surface area (Å²) in [5, 5.41) is 8.56. The van der Waals surface area contributed by atoms with E-state index in [0.717, 1.165) is 30.3 Å². The van der Waals surface area contributed by atoms with Crippen LogP contribution in [0.25, 0.3) is 17.2 Å². The van der Waals surface area contributed by atoms with Crippen molar-refractivity contribution in [2.75, 3.05) is 0 Å². The van der Waals surface area contributed by atoms with Crippen molar-refractivity contribution in [1.29, 1.82) is 0 Å². The van der Waals surface area contributed by atoms with Crippen molar-refractivity contribution in [2.45, 2.75) is 6.18 Å². The molecule has 2 rings (SSSR count). The summed E-state index contributed by atoms with van der Waals surface area (Å²) in [4.78, 5) is 10.5. The van der Waals surface area contributed by atoms with E-state index in [-0.39, 0.29) is 16.7 Å². The Bertz CT molecular complexity index is 733. The van der Waals surface area contributed by atoms with Crippen LogP contribution in [0.4, 0.5) is 17.6 Å². The maximum atomic E-state index is 13.3. The van der Waals surface area contributed by atoms with Crippen LogP contribution in [0.15, 0.2) is 48.5 Å². The van der Waals surface area contributed by atoms with Gasteiger partial charge in [-0.25, -0.2) is 9.18 Å². The Morgan fingerprint density at radius 3 is 2.41 bits per heavy atom. The highest BCUT2D eigenvalue weighted by Crippen LogP contribution is 2.37. The van der Waals surface area contributed by atoms with E-state index in [2.05, 4.69) is 0 Å². The molecule has 2 nitrogen and oxygen atoms in total. The Kier molecular flexibility index (Phi) is 4.30. The van der Waals surface area contributed by atoms with Crippen molar-refractivity contribution >= 4 is 12.0 Å². The number of benzene rings is 2. The molecule has 0 unspecified atom stereocenters. The molecule has 0 aromatic heterocycles. The lowest BCUT2D eigenvalue weighted by molar-refractivity contribution is -0.137. The Morgan fingerprint density at radius 2 is 1.82 bits per heavy atom. The summed E-state index contributed by atoms with van der Waals surface area (Å²) in [5.74, 6) is -1.87. The van der Waals surface area contributed by atoms with E-state index in [4.69, 9.17) is 5.11 Å². The predicted octanol–water partition coefficient (Wildman–Crippen LogP) is 4.61. The number of halogens is 4. The molecule has 0 saturated carbocycles. The molecule has 0 fully saturated rings. The number of aliphatic carboxylic acids is 1. The van der Waals surface area contributed by atoms with E-state index in [0.29, 0.717) is 0 Å². The summed E-state index contributed by atoms with van der Waals surface area (Å²) in [6, 6.07) is 7.98. The molecule has 0 aliphatic rings. The fraction of sp³-hybridized carbons (Fsp3) is 0.0625. The fourth-order valence-corrected chi connectivity index (χ4v) is 1.98. The summed E-state index contributed by atoms with van der Waals surface area (Å²) in [6.07, 6.45) is -2.61. The van der Waals surface area contributed by atoms with Gasteiger partial charge in [-0.15, -0.1) is 0 Å². The summed E-state index contributed by atoms with van der Waals surface area (Å²) in [7, 11) is 0. The predicted molar refractivity (Wildman–Crippen MR) is 73.5 cm³/mol. The van der Waals surface area contributed by atoms with Crippen molar-refractivity contribution in [3.05, 3.63) is 65.5 Å². The van der Waals surface area contributed by atoms with Gasteiger partial charge in [0.05, 0.1) is 5.56 Å². The molecular weight excluding hydrogens is 300 g/mol. The van der Waals surface area contributed by atoms with Crippen molar-refractivity contribution in [3.8, 4) is 11.1 Å². The van der Waals surface area contributed by atoms with Crippen LogP contribution in [0.2, 0.25) is 0 Å². The normalized spacial score (nSPS) is 11.8. The second-order valence-corrected chi connectivity index (χ2v) is 4.48. The van der Waals surface area contributed by atoms with Crippen molar-refractivity contribution < 1.29 is 27.5 Å². The molecule has 6 heteroatoms. The molecule has 0 spiro atoms. The first-order valence-electron chi connectivity index (χ1n) is 6.15. The van der Waals surface area contributed by atoms with E-state index in [1.807, 2.05) is 0 Å². The van der Waals surface area contributed by atoms with Crippen molar-refractivity contribution in [2.24, 2.45) is 0 Å². The number of rotatable bonds is 3. The first kappa shape index (κ1) is 15.8. The molecule has 0 atom stereocenters. The van der Waals surface area contributed by atoms with Gasteiger partial charge in [-0.1, -0.05) is 18.2 Å². The van der Waals surface area contributed by atoms with E-state index in [9.17, 15) is 22.4 Å². The first-order chi connectivity index (χ1) is 10.3. The summed E-state index contributed by atoms with van der Waals surface area (Å²) < 4.78 is 52.5. The molecule has 22 heavy (non-hydrogen) atoms. The lowest BCUT2D eigenvalue weighted by Crippen LogP contribution is -2.07. The number of hydrogen-bond acceptors (Lipinski definition) is 1. The Hall–Kier alpha value is -2.63. The summed E-state index contributed by atoms with van der Waals surface area (Å²) in [6.45, 7) is 0. The van der Waals surface area contributed by atoms with Crippen LogP contribution < -0.4 is 0 Å². The first-order valence-corrected chi connectivity index (χ1v) is 6.15. The third-order valence-corrected chi connectivity index (χ3v) is 2.90. The SMILES string of the molecule is O=C(O)C=Cc1ccc(C(F)(F)F)c(-c2cccc(F)c2)c1. The number of carbonyl (C=O) groups is 1. The van der Waals surface area contributed by atoms with Gasteiger partial charge in [0.2, 0.25) is 0 Å². The third kappa shape index (κ3) is 3.72. The second-order valence-electron chi connectivity index (χ2n) is 4.48. The minimum Gasteiger partial charge on any atom is -0.478 e. The van der Waals surface area contributed by atoms with Crippen LogP contribution in [0, 0.1) is 5.82 Å². The van der Waals surface area contributed by atoms with Crippen LogP contribution in [-0.2, 0) is 11.0 Å². The third-order valence-electron chi connectivity index (χ3n) is 2.90. The van der Waals surface area contributed by atoms with Crippen LogP contribution in [0.1, 0.15) is 11.1 Å². The number of carboxylic acid groups (broad SMARTS) is 1. The molecule has 0 heterocycles. The lowest BCUT2D eigenvalue weighted by atomic mass is 9.96. The zero-order chi connectivity index (χ0) is 16.3. The molecule has 2 aromatic carbocycles. The molecule has 0 amide bonds. The van der Waals surface area contributed by atoms with Gasteiger partial charge < -0.3 is 5.11 Å². The van der Waals surface area contributed by atoms with Crippen LogP contribution in [0.5, 0.6) is 0 Å². The molecule has 0 aliphatic heterocycles. The molecule has 2 aromatic rings. The molecule has 114 valence electrons. The minimum atomic E-state index is -4.60. The quantitative estimate of drug-likeness (QED) is 0.664. The van der Waals surface area contributed by atoms with Crippen LogP contribution >= 0.6 is 0 Å². The van der Waals surface area contributed by atoms with Crippen LogP contribution in [0.3, 0.4) is 0 Å². The van der Waals surface area contributed by atoms with Gasteiger partial charge in [-0.2, -0.15) is 13.2 Å². The lowest BCUT2D eigenvalue weighted by Gasteiger charge is -2.14. The fourth-order valence-electron chi connectivity index (χ4n) is 1.98. The summed E-state index contributed by atoms with van der Waals surface area (Å²) >= 11 is 0. The highest BCUT2D eigenvalue weighted by molar-refractivity contribution is 5.85. The van der Waals surface area contributed by atoms with Crippen molar-refractivity contribution in [1.82, 2.24) is 0 Å². The highest BCUT2D eigenvalue weighted by atomic mass is 19.4. The number of hydrogen-bond donors (Lipinski definition) is 1. The van der Waals surface area contributed by atoms with Gasteiger partial charge in [0, 0.05) is 6.08 Å². The van der Waals surface area contributed by atoms with Gasteiger partial charge in [0.15, 0.2) is 0 Å². The maximum absolute atomic E-state index is 13.3. The number of alkyl halides is 3. The van der Waals surface area contributed by atoms with Gasteiger partial charge in [0.1, 0.15) is 5.82 Å². The van der Waals surface area contributed by atoms with Gasteiger partial charge in [0.25, 0.3) is 0 Å². The van der Waals surface area contributed by atoms with E-state index in [1.165, 1.54) is 24.3 Å². The van der Waals surface area contributed by atoms with Gasteiger partial charge in [-0.3, -0.25) is 0 Å². The summed E-state index contributed by atoms with van der Waals surface area (Å²) in [5.41, 5.74) is -0.780. The molecule has 1 N–H and O–H groups in total. The monoisotopic (exact) mass is 310 g/mol. The minimum absolute atomic E-state index is 0.0675. The average molecular weight is 310 g/mol. The van der Waals surface area contributed by atoms with E-state index < -0.39 is 23.5 Å². The average Bonchev–Trinajstić information content (AvgIpc) is 2.44. The molecule has 0 saturated heterocycles. The largest absolute Gasteiger partial charge is 0.478 e. The topological polar surface area (TPSA) is 37.3 Å². The highest BCUT2D eigenvalue weighted by Gasteiger charge is 2.33. The zero-order valence-corrected chi connectivity index (χ0v) is 11.1. The molecular formula is C16H10F4O2. The Labute approximate surface area is 123 Å². The molecule has 0 radical (unpaired) electrons. The smallest absolute Gasteiger partial charge is 0.417 e. The Balaban J connectivity index is 2.61. The van der Waals surface area contributed by atoms with E-state index in [1.54, 1.807) is 0 Å². The van der Waals surface area contributed by atoms with E-state index >= 15 is 0 Å². The zero-order valence-electron chi connectivity index (χ0n) is 11.1. The molecule has 0 aliphatic carbocycles. The standard InChI is InChI=1S/C16H10F4O2/c17-12-3-1-2-11(9-12)13-8-10(5-7-15(21)22)4-6-14(13)16(18,19)20/h1-9H,(H,21,22). The number of carboxylic acids is 1. The Morgan fingerprint density at radius 1 is 1.09 bits per heavy atom. The molecule has 0 bridgehead atoms. The van der Waals surface area contributed by atoms with Crippen LogP contribution in [-0.4, -0.2) is 11.1 Å². The van der Waals surface area contributed by atoms with Crippen molar-refractivity contribution in [3.63, 3.8) is 0 Å². The maximum Gasteiger partial charge on any atom is 0.417 e. The van der Waals surface area contributed by atoms with Gasteiger partial charge >= 0.3 is 12.1 Å². The van der Waals surface area contributed by atoms with Gasteiger partial charge in [-0.05, 0) is 47.0 Å². The second kappa shape index (κ2) is 6.01.